The van der Waals surface area contributed by atoms with E-state index in [4.69, 9.17) is 4.74 Å². The third-order valence-electron chi connectivity index (χ3n) is 5.94. The van der Waals surface area contributed by atoms with Crippen LogP contribution in [0.3, 0.4) is 0 Å². The molecule has 1 fully saturated rings. The minimum atomic E-state index is -1.13. The van der Waals surface area contributed by atoms with E-state index in [-0.39, 0.29) is 18.7 Å². The molecule has 2 aromatic rings. The van der Waals surface area contributed by atoms with E-state index in [1.807, 2.05) is 30.3 Å². The zero-order valence-electron chi connectivity index (χ0n) is 19.1. The van der Waals surface area contributed by atoms with E-state index in [0.717, 1.165) is 36.1 Å². The monoisotopic (exact) mass is 453 g/mol. The lowest BCUT2D eigenvalue weighted by Gasteiger charge is -2.25. The summed E-state index contributed by atoms with van der Waals surface area (Å²) in [4.78, 5) is 42.9. The van der Waals surface area contributed by atoms with Crippen molar-refractivity contribution in [1.29, 1.82) is 0 Å². The molecule has 2 N–H and O–H groups in total. The first-order valence-corrected chi connectivity index (χ1v) is 11.3. The number of ether oxygens (including phenoxy) is 1. The van der Waals surface area contributed by atoms with Gasteiger partial charge in [0, 0.05) is 32.3 Å². The Balaban J connectivity index is 1.65. The number of pyridine rings is 1. The molecule has 2 amide bonds. The Morgan fingerprint density at radius 2 is 2.00 bits per heavy atom. The van der Waals surface area contributed by atoms with Gasteiger partial charge in [-0.3, -0.25) is 14.6 Å². The van der Waals surface area contributed by atoms with Crippen molar-refractivity contribution in [2.75, 3.05) is 13.7 Å². The van der Waals surface area contributed by atoms with Gasteiger partial charge in [0.05, 0.1) is 18.6 Å². The van der Waals surface area contributed by atoms with Gasteiger partial charge in [0.1, 0.15) is 11.8 Å². The third kappa shape index (κ3) is 6.31. The molecule has 1 aromatic carbocycles. The molecule has 8 nitrogen and oxygen atoms in total. The minimum Gasteiger partial charge on any atom is -0.494 e. The highest BCUT2D eigenvalue weighted by molar-refractivity contribution is 5.92. The first kappa shape index (κ1) is 24.2. The molecule has 1 saturated heterocycles. The predicted molar refractivity (Wildman–Crippen MR) is 123 cm³/mol. The summed E-state index contributed by atoms with van der Waals surface area (Å²) >= 11 is 0. The van der Waals surface area contributed by atoms with Crippen LogP contribution in [0.2, 0.25) is 0 Å². The van der Waals surface area contributed by atoms with Crippen LogP contribution in [0, 0.1) is 5.92 Å². The maximum Gasteiger partial charge on any atom is 0.326 e. The summed E-state index contributed by atoms with van der Waals surface area (Å²) in [6, 6.07) is 9.21. The van der Waals surface area contributed by atoms with Crippen LogP contribution in [0.5, 0.6) is 5.75 Å². The lowest BCUT2D eigenvalue weighted by atomic mass is 9.93. The number of rotatable bonds is 11. The smallest absolute Gasteiger partial charge is 0.326 e. The van der Waals surface area contributed by atoms with E-state index < -0.39 is 29.9 Å². The quantitative estimate of drug-likeness (QED) is 0.507. The molecule has 176 valence electrons. The Bertz CT molecular complexity index is 948. The number of nitrogens with zero attached hydrogens (tertiary/aromatic N) is 2. The SMILES string of the molecule is CCCCCOc1ccc(C[C@H](NC(=O)C2CC(=O)N(C)C2c2cccnc2)C(=O)O)cc1. The summed E-state index contributed by atoms with van der Waals surface area (Å²) in [5.41, 5.74) is 1.51. The number of aromatic nitrogens is 1. The number of unbranched alkanes of at least 4 members (excludes halogenated alkanes) is 2. The number of hydrogen-bond acceptors (Lipinski definition) is 5. The van der Waals surface area contributed by atoms with E-state index in [0.29, 0.717) is 6.61 Å². The van der Waals surface area contributed by atoms with E-state index in [9.17, 15) is 19.5 Å². The molecule has 3 rings (SSSR count). The number of carboxylic acid groups (broad SMARTS) is 1. The zero-order valence-corrected chi connectivity index (χ0v) is 19.1. The Kier molecular flexibility index (Phi) is 8.40. The molecule has 0 radical (unpaired) electrons. The number of carboxylic acids is 1. The Hall–Kier alpha value is -3.42. The summed E-state index contributed by atoms with van der Waals surface area (Å²) in [5.74, 6) is -1.70. The number of hydrogen-bond donors (Lipinski definition) is 2. The molecule has 0 spiro atoms. The zero-order chi connectivity index (χ0) is 23.8. The molecular formula is C25H31N3O5. The number of amides is 2. The molecule has 33 heavy (non-hydrogen) atoms. The van der Waals surface area contributed by atoms with Crippen LogP contribution in [0.1, 0.15) is 49.8 Å². The van der Waals surface area contributed by atoms with E-state index in [1.165, 1.54) is 4.90 Å². The first-order chi connectivity index (χ1) is 15.9. The van der Waals surface area contributed by atoms with Crippen molar-refractivity contribution < 1.29 is 24.2 Å². The average molecular weight is 454 g/mol. The van der Waals surface area contributed by atoms with Gasteiger partial charge in [0.25, 0.3) is 0 Å². The van der Waals surface area contributed by atoms with Crippen LogP contribution in [0.25, 0.3) is 0 Å². The minimum absolute atomic E-state index is 0.0261. The van der Waals surface area contributed by atoms with Crippen molar-refractivity contribution in [2.24, 2.45) is 5.92 Å². The molecule has 2 heterocycles. The fourth-order valence-corrected chi connectivity index (χ4v) is 4.09. The van der Waals surface area contributed by atoms with Crippen LogP contribution < -0.4 is 10.1 Å². The number of nitrogens with one attached hydrogen (secondary N) is 1. The fraction of sp³-hybridized carbons (Fsp3) is 0.440. The molecule has 3 atom stereocenters. The Morgan fingerprint density at radius 1 is 1.24 bits per heavy atom. The molecule has 1 aliphatic heterocycles. The summed E-state index contributed by atoms with van der Waals surface area (Å²) in [6.45, 7) is 2.78. The van der Waals surface area contributed by atoms with Crippen LogP contribution in [0.15, 0.2) is 48.8 Å². The molecule has 8 heteroatoms. The third-order valence-corrected chi connectivity index (χ3v) is 5.94. The van der Waals surface area contributed by atoms with Gasteiger partial charge in [0.15, 0.2) is 0 Å². The number of aliphatic carboxylic acids is 1. The number of carbonyl (C=O) groups excluding carboxylic acids is 2. The largest absolute Gasteiger partial charge is 0.494 e. The highest BCUT2D eigenvalue weighted by Gasteiger charge is 2.43. The standard InChI is InChI=1S/C25H31N3O5/c1-3-4-5-13-33-19-10-8-17(9-11-19)14-21(25(31)32)27-24(30)20-15-22(29)28(2)23(20)18-7-6-12-26-16-18/h6-12,16,20-21,23H,3-5,13-15H2,1-2H3,(H,27,30)(H,31,32)/t20?,21-,23?/m0/s1. The van der Waals surface area contributed by atoms with Gasteiger partial charge in [0.2, 0.25) is 11.8 Å². The van der Waals surface area contributed by atoms with Crippen molar-refractivity contribution >= 4 is 17.8 Å². The summed E-state index contributed by atoms with van der Waals surface area (Å²) < 4.78 is 5.69. The molecule has 2 unspecified atom stereocenters. The number of likely N-dealkylation sites (tertiary alicyclic amines) is 1. The first-order valence-electron chi connectivity index (χ1n) is 11.3. The van der Waals surface area contributed by atoms with Crippen molar-refractivity contribution in [2.45, 2.75) is 51.1 Å². The van der Waals surface area contributed by atoms with Gasteiger partial charge in [-0.2, -0.15) is 0 Å². The number of benzene rings is 1. The molecule has 0 aliphatic carbocycles. The molecule has 0 bridgehead atoms. The highest BCUT2D eigenvalue weighted by atomic mass is 16.5. The average Bonchev–Trinajstić information content (AvgIpc) is 3.12. The van der Waals surface area contributed by atoms with Gasteiger partial charge < -0.3 is 20.1 Å². The van der Waals surface area contributed by atoms with Crippen LogP contribution in [0.4, 0.5) is 0 Å². The van der Waals surface area contributed by atoms with E-state index >= 15 is 0 Å². The summed E-state index contributed by atoms with van der Waals surface area (Å²) in [6.07, 6.45) is 6.63. The van der Waals surface area contributed by atoms with Gasteiger partial charge in [-0.25, -0.2) is 4.79 Å². The van der Waals surface area contributed by atoms with Gasteiger partial charge in [-0.1, -0.05) is 38.0 Å². The molecule has 0 saturated carbocycles. The summed E-state index contributed by atoms with van der Waals surface area (Å²) in [7, 11) is 1.65. The van der Waals surface area contributed by atoms with Crippen LogP contribution in [-0.2, 0) is 20.8 Å². The van der Waals surface area contributed by atoms with Crippen molar-refractivity contribution in [3.63, 3.8) is 0 Å². The summed E-state index contributed by atoms with van der Waals surface area (Å²) in [5, 5.41) is 12.3. The second kappa shape index (κ2) is 11.4. The van der Waals surface area contributed by atoms with Crippen LogP contribution >= 0.6 is 0 Å². The van der Waals surface area contributed by atoms with Crippen molar-refractivity contribution in [3.05, 3.63) is 59.9 Å². The van der Waals surface area contributed by atoms with Gasteiger partial charge >= 0.3 is 5.97 Å². The lowest BCUT2D eigenvalue weighted by Crippen LogP contribution is -2.45. The normalized spacial score (nSPS) is 18.7. The fourth-order valence-electron chi connectivity index (χ4n) is 4.09. The molecular weight excluding hydrogens is 422 g/mol. The topological polar surface area (TPSA) is 109 Å². The maximum absolute atomic E-state index is 13.1. The Labute approximate surface area is 194 Å². The van der Waals surface area contributed by atoms with E-state index in [2.05, 4.69) is 17.2 Å². The molecule has 1 aromatic heterocycles. The second-order valence-corrected chi connectivity index (χ2v) is 8.35. The van der Waals surface area contributed by atoms with Gasteiger partial charge in [-0.15, -0.1) is 0 Å². The lowest BCUT2D eigenvalue weighted by molar-refractivity contribution is -0.142. The van der Waals surface area contributed by atoms with Crippen LogP contribution in [-0.4, -0.2) is 52.5 Å². The van der Waals surface area contributed by atoms with Crippen molar-refractivity contribution in [1.82, 2.24) is 15.2 Å². The Morgan fingerprint density at radius 3 is 2.64 bits per heavy atom. The highest BCUT2D eigenvalue weighted by Crippen LogP contribution is 2.36. The predicted octanol–water partition coefficient (Wildman–Crippen LogP) is 2.98. The van der Waals surface area contributed by atoms with E-state index in [1.54, 1.807) is 25.5 Å². The molecule has 1 aliphatic rings. The van der Waals surface area contributed by atoms with Gasteiger partial charge in [-0.05, 0) is 35.7 Å². The second-order valence-electron chi connectivity index (χ2n) is 8.35. The van der Waals surface area contributed by atoms with Crippen molar-refractivity contribution in [3.8, 4) is 5.75 Å². The maximum atomic E-state index is 13.1. The number of carbonyl (C=O) groups is 3.